The molecule has 0 spiro atoms. The Labute approximate surface area is 194 Å². The highest BCUT2D eigenvalue weighted by Crippen LogP contribution is 2.37. The molecule has 0 atom stereocenters. The van der Waals surface area contributed by atoms with Gasteiger partial charge in [0.2, 0.25) is 0 Å². The monoisotopic (exact) mass is 440 g/mol. The third kappa shape index (κ3) is 4.14. The topological polar surface area (TPSA) is 49.9 Å². The van der Waals surface area contributed by atoms with E-state index in [4.69, 9.17) is 4.74 Å². The van der Waals surface area contributed by atoms with Crippen LogP contribution in [0.4, 0.5) is 5.69 Å². The van der Waals surface area contributed by atoms with Crippen LogP contribution >= 0.6 is 0 Å². The van der Waals surface area contributed by atoms with Gasteiger partial charge in [0, 0.05) is 13.1 Å². The Morgan fingerprint density at radius 3 is 2.18 bits per heavy atom. The summed E-state index contributed by atoms with van der Waals surface area (Å²) in [5.74, 6) is 0.0957. The molecule has 5 nitrogen and oxygen atoms in total. The first-order valence-electron chi connectivity index (χ1n) is 11.1. The number of anilines is 1. The molecule has 4 rings (SSSR count). The minimum Gasteiger partial charge on any atom is -0.497 e. The lowest BCUT2D eigenvalue weighted by Crippen LogP contribution is -2.35. The number of hydrogen-bond donors (Lipinski definition) is 0. The highest BCUT2D eigenvalue weighted by Gasteiger charge is 2.42. The first-order chi connectivity index (χ1) is 16.0. The van der Waals surface area contributed by atoms with Gasteiger partial charge in [-0.05, 0) is 61.2 Å². The Morgan fingerprint density at radius 1 is 0.848 bits per heavy atom. The van der Waals surface area contributed by atoms with Gasteiger partial charge in [0.05, 0.1) is 18.4 Å². The first kappa shape index (κ1) is 22.3. The molecule has 0 aromatic heterocycles. The molecule has 0 N–H and O–H groups in total. The molecule has 2 amide bonds. The van der Waals surface area contributed by atoms with E-state index < -0.39 is 0 Å². The number of likely N-dealkylation sites (N-methyl/N-ethyl adjacent to an activating group) is 1. The molecule has 0 unspecified atom stereocenters. The fraction of sp³-hybridized carbons (Fsp3) is 0.214. The molecule has 168 valence electrons. The van der Waals surface area contributed by atoms with Gasteiger partial charge in [-0.1, -0.05) is 54.6 Å². The molecule has 1 aliphatic rings. The maximum Gasteiger partial charge on any atom is 0.282 e. The molecular weight excluding hydrogens is 412 g/mol. The van der Waals surface area contributed by atoms with Crippen LogP contribution in [0.5, 0.6) is 5.75 Å². The van der Waals surface area contributed by atoms with Crippen LogP contribution in [-0.2, 0) is 16.1 Å². The van der Waals surface area contributed by atoms with E-state index in [9.17, 15) is 9.59 Å². The molecule has 0 saturated heterocycles. The predicted molar refractivity (Wildman–Crippen MR) is 131 cm³/mol. The molecule has 5 heteroatoms. The third-order valence-corrected chi connectivity index (χ3v) is 6.17. The number of carbonyl (C=O) groups excluding carboxylic acids is 2. The van der Waals surface area contributed by atoms with Crippen molar-refractivity contribution in [1.29, 1.82) is 0 Å². The highest BCUT2D eigenvalue weighted by molar-refractivity contribution is 6.45. The zero-order chi connectivity index (χ0) is 23.5. The fourth-order valence-corrected chi connectivity index (χ4v) is 4.18. The molecule has 3 aromatic carbocycles. The molecule has 0 bridgehead atoms. The number of rotatable bonds is 7. The average molecular weight is 441 g/mol. The number of methoxy groups -OCH3 is 1. The van der Waals surface area contributed by atoms with E-state index in [-0.39, 0.29) is 11.8 Å². The second kappa shape index (κ2) is 9.33. The second-order valence-electron chi connectivity index (χ2n) is 8.12. The molecular formula is C28H28N2O3. The van der Waals surface area contributed by atoms with E-state index >= 15 is 0 Å². The fourth-order valence-electron chi connectivity index (χ4n) is 4.18. The Bertz CT molecular complexity index is 1210. The number of amides is 2. The zero-order valence-electron chi connectivity index (χ0n) is 19.5. The molecule has 0 radical (unpaired) electrons. The van der Waals surface area contributed by atoms with E-state index in [1.54, 1.807) is 7.11 Å². The zero-order valence-corrected chi connectivity index (χ0v) is 19.5. The summed E-state index contributed by atoms with van der Waals surface area (Å²) in [4.78, 5) is 31.0. The molecule has 1 aliphatic heterocycles. The van der Waals surface area contributed by atoms with Gasteiger partial charge in [-0.25, -0.2) is 4.90 Å². The van der Waals surface area contributed by atoms with E-state index in [2.05, 4.69) is 0 Å². The van der Waals surface area contributed by atoms with Gasteiger partial charge >= 0.3 is 0 Å². The largest absolute Gasteiger partial charge is 0.497 e. The number of aryl methyl sites for hydroxylation is 1. The van der Waals surface area contributed by atoms with Crippen LogP contribution in [0.2, 0.25) is 0 Å². The number of ether oxygens (including phenoxy) is 1. The van der Waals surface area contributed by atoms with Crippen LogP contribution in [0.25, 0.3) is 5.57 Å². The molecule has 0 aliphatic carbocycles. The van der Waals surface area contributed by atoms with Crippen molar-refractivity contribution in [3.63, 3.8) is 0 Å². The minimum atomic E-state index is -0.305. The van der Waals surface area contributed by atoms with Gasteiger partial charge < -0.3 is 9.64 Å². The van der Waals surface area contributed by atoms with Gasteiger partial charge in [-0.3, -0.25) is 9.59 Å². The van der Waals surface area contributed by atoms with Crippen LogP contribution in [-0.4, -0.2) is 30.4 Å². The number of nitrogens with zero attached hydrogens (tertiary/aromatic N) is 2. The molecule has 1 heterocycles. The van der Waals surface area contributed by atoms with E-state index in [0.717, 1.165) is 16.7 Å². The summed E-state index contributed by atoms with van der Waals surface area (Å²) in [7, 11) is 1.60. The van der Waals surface area contributed by atoms with E-state index in [1.807, 2.05) is 98.5 Å². The van der Waals surface area contributed by atoms with Crippen LogP contribution in [0.1, 0.15) is 29.2 Å². The van der Waals surface area contributed by atoms with Gasteiger partial charge in [0.1, 0.15) is 11.4 Å². The number of benzene rings is 3. The summed E-state index contributed by atoms with van der Waals surface area (Å²) < 4.78 is 5.28. The van der Waals surface area contributed by atoms with Crippen LogP contribution in [0, 0.1) is 13.8 Å². The van der Waals surface area contributed by atoms with Crippen LogP contribution < -0.4 is 9.64 Å². The van der Waals surface area contributed by atoms with Crippen molar-refractivity contribution in [3.05, 3.63) is 101 Å². The minimum absolute atomic E-state index is 0.294. The second-order valence-corrected chi connectivity index (χ2v) is 8.12. The maximum atomic E-state index is 13.9. The SMILES string of the molecule is CCN(Cc1ccccc1)C1=C(c2ccc(OC)cc2)C(=O)N(c2cccc(C)c2C)C1=O. The Hall–Kier alpha value is -3.86. The quantitative estimate of drug-likeness (QED) is 0.479. The van der Waals surface area contributed by atoms with E-state index in [1.165, 1.54) is 4.90 Å². The normalized spacial score (nSPS) is 13.6. The van der Waals surface area contributed by atoms with E-state index in [0.29, 0.717) is 41.4 Å². The molecule has 3 aromatic rings. The average Bonchev–Trinajstić information content (AvgIpc) is 3.10. The van der Waals surface area contributed by atoms with Crippen molar-refractivity contribution in [2.45, 2.75) is 27.3 Å². The lowest BCUT2D eigenvalue weighted by Gasteiger charge is -2.25. The van der Waals surface area contributed by atoms with Crippen molar-refractivity contribution in [2.24, 2.45) is 0 Å². The standard InChI is InChI=1S/C28H28N2O3/c1-5-29(18-21-11-7-6-8-12-21)26-25(22-14-16-23(33-4)17-15-22)27(31)30(28(26)32)24-13-9-10-19(2)20(24)3/h6-17H,5,18H2,1-4H3. The Kier molecular flexibility index (Phi) is 6.31. The lowest BCUT2D eigenvalue weighted by atomic mass is 10.0. The molecule has 33 heavy (non-hydrogen) atoms. The highest BCUT2D eigenvalue weighted by atomic mass is 16.5. The summed E-state index contributed by atoms with van der Waals surface area (Å²) in [6.45, 7) is 7.05. The number of imide groups is 1. The lowest BCUT2D eigenvalue weighted by molar-refractivity contribution is -0.120. The third-order valence-electron chi connectivity index (χ3n) is 6.17. The van der Waals surface area contributed by atoms with Crippen molar-refractivity contribution in [2.75, 3.05) is 18.6 Å². The van der Waals surface area contributed by atoms with Crippen molar-refractivity contribution in [3.8, 4) is 5.75 Å². The molecule has 0 fully saturated rings. The smallest absolute Gasteiger partial charge is 0.282 e. The Morgan fingerprint density at radius 2 is 1.55 bits per heavy atom. The maximum absolute atomic E-state index is 13.9. The molecule has 0 saturated carbocycles. The summed E-state index contributed by atoms with van der Waals surface area (Å²) in [6.07, 6.45) is 0. The van der Waals surface area contributed by atoms with Gasteiger partial charge in [-0.15, -0.1) is 0 Å². The van der Waals surface area contributed by atoms with Crippen molar-refractivity contribution in [1.82, 2.24) is 4.90 Å². The van der Waals surface area contributed by atoms with Gasteiger partial charge in [-0.2, -0.15) is 0 Å². The predicted octanol–water partition coefficient (Wildman–Crippen LogP) is 5.12. The summed E-state index contributed by atoms with van der Waals surface area (Å²) in [5, 5.41) is 0. The van der Waals surface area contributed by atoms with Gasteiger partial charge in [0.15, 0.2) is 0 Å². The number of hydrogen-bond acceptors (Lipinski definition) is 4. The van der Waals surface area contributed by atoms with Crippen molar-refractivity contribution >= 4 is 23.1 Å². The van der Waals surface area contributed by atoms with Crippen molar-refractivity contribution < 1.29 is 14.3 Å². The summed E-state index contributed by atoms with van der Waals surface area (Å²) in [6, 6.07) is 23.0. The summed E-state index contributed by atoms with van der Waals surface area (Å²) >= 11 is 0. The van der Waals surface area contributed by atoms with Gasteiger partial charge in [0.25, 0.3) is 11.8 Å². The van der Waals surface area contributed by atoms with Crippen LogP contribution in [0.15, 0.2) is 78.5 Å². The first-order valence-corrected chi connectivity index (χ1v) is 11.1. The number of carbonyl (C=O) groups is 2. The summed E-state index contributed by atoms with van der Waals surface area (Å²) in [5.41, 5.74) is 5.19. The Balaban J connectivity index is 1.85. The van der Waals surface area contributed by atoms with Crippen LogP contribution in [0.3, 0.4) is 0 Å².